The van der Waals surface area contributed by atoms with Gasteiger partial charge < -0.3 is 4.57 Å². The van der Waals surface area contributed by atoms with Crippen LogP contribution in [0.2, 0.25) is 0 Å². The van der Waals surface area contributed by atoms with E-state index in [9.17, 15) is 0 Å². The molecular formula is C54H35N3. The predicted octanol–water partition coefficient (Wildman–Crippen LogP) is 14.2. The number of hydrogen-bond donors (Lipinski definition) is 0. The molecule has 0 aliphatic carbocycles. The van der Waals surface area contributed by atoms with E-state index in [1.54, 1.807) is 0 Å². The highest BCUT2D eigenvalue weighted by atomic mass is 15.0. The number of hydrogen-bond acceptors (Lipinski definition) is 2. The lowest BCUT2D eigenvalue weighted by molar-refractivity contribution is 1.16. The van der Waals surface area contributed by atoms with Gasteiger partial charge in [-0.2, -0.15) is 0 Å². The zero-order valence-corrected chi connectivity index (χ0v) is 31.0. The maximum absolute atomic E-state index is 5.33. The smallest absolute Gasteiger partial charge is 0.160 e. The highest BCUT2D eigenvalue weighted by molar-refractivity contribution is 6.14. The van der Waals surface area contributed by atoms with Gasteiger partial charge >= 0.3 is 0 Å². The van der Waals surface area contributed by atoms with Crippen LogP contribution in [0, 0.1) is 0 Å². The molecule has 0 aliphatic rings. The average Bonchev–Trinajstić information content (AvgIpc) is 3.63. The van der Waals surface area contributed by atoms with Crippen LogP contribution in [0.15, 0.2) is 212 Å². The molecule has 3 heteroatoms. The lowest BCUT2D eigenvalue weighted by Gasteiger charge is -2.17. The second-order valence-corrected chi connectivity index (χ2v) is 14.6. The second kappa shape index (κ2) is 13.6. The number of nitrogens with zero attached hydrogens (tertiary/aromatic N) is 3. The van der Waals surface area contributed by atoms with E-state index in [4.69, 9.17) is 9.97 Å². The van der Waals surface area contributed by atoms with Gasteiger partial charge in [-0.3, -0.25) is 0 Å². The van der Waals surface area contributed by atoms with E-state index in [0.29, 0.717) is 5.82 Å². The molecule has 9 aromatic carbocycles. The van der Waals surface area contributed by atoms with Crippen molar-refractivity contribution in [2.24, 2.45) is 0 Å². The van der Waals surface area contributed by atoms with E-state index in [2.05, 4.69) is 205 Å². The Hall–Kier alpha value is -7.62. The summed E-state index contributed by atoms with van der Waals surface area (Å²) in [5, 5.41) is 7.31. The van der Waals surface area contributed by atoms with Crippen LogP contribution < -0.4 is 0 Å². The molecule has 0 N–H and O–H groups in total. The molecule has 0 saturated heterocycles. The highest BCUT2D eigenvalue weighted by Gasteiger charge is 2.19. The Morgan fingerprint density at radius 2 is 0.842 bits per heavy atom. The third kappa shape index (κ3) is 5.76. The second-order valence-electron chi connectivity index (χ2n) is 14.6. The van der Waals surface area contributed by atoms with Crippen molar-refractivity contribution in [3.05, 3.63) is 212 Å². The van der Waals surface area contributed by atoms with Crippen LogP contribution in [0.5, 0.6) is 0 Å². The fourth-order valence-electron chi connectivity index (χ4n) is 8.47. The molecule has 0 radical (unpaired) electrons. The van der Waals surface area contributed by atoms with Crippen molar-refractivity contribution in [3.8, 4) is 61.8 Å². The number of para-hydroxylation sites is 1. The molecule has 266 valence electrons. The van der Waals surface area contributed by atoms with Crippen molar-refractivity contribution in [1.82, 2.24) is 14.5 Å². The Kier molecular flexibility index (Phi) is 7.82. The molecule has 0 atom stereocenters. The molecular weight excluding hydrogens is 691 g/mol. The third-order valence-electron chi connectivity index (χ3n) is 11.2. The number of rotatable bonds is 6. The molecule has 3 nitrogen and oxygen atoms in total. The SMILES string of the molecule is c1ccc(-c2ccc3c4ccccc4n(-c4cc(-c5nc(-c6ccccc6)cc(-c6ccccc6)n5)cc(-c5cc6ccccc6c6ccccc56)c4)c3c2)cc1. The Balaban J connectivity index is 1.23. The van der Waals surface area contributed by atoms with E-state index >= 15 is 0 Å². The number of aromatic nitrogens is 3. The third-order valence-corrected chi connectivity index (χ3v) is 11.2. The maximum atomic E-state index is 5.33. The largest absolute Gasteiger partial charge is 0.309 e. The van der Waals surface area contributed by atoms with Crippen molar-refractivity contribution in [2.75, 3.05) is 0 Å². The zero-order valence-electron chi connectivity index (χ0n) is 31.0. The first kappa shape index (κ1) is 32.8. The molecule has 2 heterocycles. The molecule has 0 bridgehead atoms. The molecule has 11 rings (SSSR count). The minimum atomic E-state index is 0.675. The molecule has 0 spiro atoms. The maximum Gasteiger partial charge on any atom is 0.160 e. The summed E-state index contributed by atoms with van der Waals surface area (Å²) in [7, 11) is 0. The summed E-state index contributed by atoms with van der Waals surface area (Å²) in [5.41, 5.74) is 12.8. The molecule has 0 amide bonds. The quantitative estimate of drug-likeness (QED) is 0.160. The van der Waals surface area contributed by atoms with Gasteiger partial charge in [-0.15, -0.1) is 0 Å². The van der Waals surface area contributed by atoms with Crippen LogP contribution in [0.1, 0.15) is 0 Å². The van der Waals surface area contributed by atoms with Gasteiger partial charge in [0, 0.05) is 33.2 Å². The van der Waals surface area contributed by atoms with E-state index in [0.717, 1.165) is 50.4 Å². The summed E-state index contributed by atoms with van der Waals surface area (Å²) in [5.74, 6) is 0.675. The summed E-state index contributed by atoms with van der Waals surface area (Å²) in [4.78, 5) is 10.7. The minimum Gasteiger partial charge on any atom is -0.309 e. The first-order chi connectivity index (χ1) is 28.2. The standard InChI is InChI=1S/C54H35N3/c1-4-16-36(17-5-1)39-28-29-48-47-26-14-15-27-52(47)57(53(48)34-39)43-31-41(49-33-40-22-10-11-23-44(40)45-24-12-13-25-46(45)49)30-42(32-43)54-55-50(37-18-6-2-7-19-37)35-51(56-54)38-20-8-3-9-21-38/h1-35H. The number of benzene rings is 9. The van der Waals surface area contributed by atoms with Crippen molar-refractivity contribution in [3.63, 3.8) is 0 Å². The summed E-state index contributed by atoms with van der Waals surface area (Å²) in [6.45, 7) is 0. The predicted molar refractivity (Wildman–Crippen MR) is 239 cm³/mol. The van der Waals surface area contributed by atoms with E-state index < -0.39 is 0 Å². The van der Waals surface area contributed by atoms with Gasteiger partial charge in [0.25, 0.3) is 0 Å². The van der Waals surface area contributed by atoms with Gasteiger partial charge in [-0.1, -0.05) is 170 Å². The van der Waals surface area contributed by atoms with Gasteiger partial charge in [0.15, 0.2) is 5.82 Å². The molecule has 0 fully saturated rings. The van der Waals surface area contributed by atoms with Gasteiger partial charge in [0.1, 0.15) is 0 Å². The van der Waals surface area contributed by atoms with Crippen LogP contribution in [0.3, 0.4) is 0 Å². The fourth-order valence-corrected chi connectivity index (χ4v) is 8.47. The van der Waals surface area contributed by atoms with E-state index in [1.807, 2.05) is 12.1 Å². The molecule has 0 saturated carbocycles. The van der Waals surface area contributed by atoms with Crippen molar-refractivity contribution in [2.45, 2.75) is 0 Å². The first-order valence-corrected chi connectivity index (χ1v) is 19.4. The molecule has 57 heavy (non-hydrogen) atoms. The summed E-state index contributed by atoms with van der Waals surface area (Å²) in [6, 6.07) is 75.8. The molecule has 0 aliphatic heterocycles. The average molecular weight is 726 g/mol. The molecule has 2 aromatic heterocycles. The van der Waals surface area contributed by atoms with Crippen LogP contribution >= 0.6 is 0 Å². The van der Waals surface area contributed by atoms with Gasteiger partial charge in [0.05, 0.1) is 22.4 Å². The van der Waals surface area contributed by atoms with E-state index in [-0.39, 0.29) is 0 Å². The van der Waals surface area contributed by atoms with Crippen molar-refractivity contribution < 1.29 is 0 Å². The van der Waals surface area contributed by atoms with Gasteiger partial charge in [-0.05, 0) is 86.3 Å². The monoisotopic (exact) mass is 725 g/mol. The number of fused-ring (bicyclic) bond motifs is 6. The van der Waals surface area contributed by atoms with Crippen LogP contribution in [0.4, 0.5) is 0 Å². The topological polar surface area (TPSA) is 30.7 Å². The Morgan fingerprint density at radius 3 is 1.54 bits per heavy atom. The lowest BCUT2D eigenvalue weighted by Crippen LogP contribution is -2.00. The molecule has 0 unspecified atom stereocenters. The van der Waals surface area contributed by atoms with Gasteiger partial charge in [0.2, 0.25) is 0 Å². The minimum absolute atomic E-state index is 0.675. The van der Waals surface area contributed by atoms with E-state index in [1.165, 1.54) is 49.0 Å². The summed E-state index contributed by atoms with van der Waals surface area (Å²) < 4.78 is 2.42. The van der Waals surface area contributed by atoms with Crippen LogP contribution in [-0.4, -0.2) is 14.5 Å². The summed E-state index contributed by atoms with van der Waals surface area (Å²) >= 11 is 0. The van der Waals surface area contributed by atoms with Crippen molar-refractivity contribution >= 4 is 43.4 Å². The summed E-state index contributed by atoms with van der Waals surface area (Å²) in [6.07, 6.45) is 0. The van der Waals surface area contributed by atoms with Crippen molar-refractivity contribution in [1.29, 1.82) is 0 Å². The fraction of sp³-hybridized carbons (Fsp3) is 0. The Bertz CT molecular complexity index is 3220. The van der Waals surface area contributed by atoms with Crippen LogP contribution in [0.25, 0.3) is 105 Å². The molecule has 11 aromatic rings. The zero-order chi connectivity index (χ0) is 37.7. The van der Waals surface area contributed by atoms with Crippen LogP contribution in [-0.2, 0) is 0 Å². The highest BCUT2D eigenvalue weighted by Crippen LogP contribution is 2.41. The normalized spacial score (nSPS) is 11.5. The lowest BCUT2D eigenvalue weighted by atomic mass is 9.92. The Morgan fingerprint density at radius 1 is 0.298 bits per heavy atom. The first-order valence-electron chi connectivity index (χ1n) is 19.4. The van der Waals surface area contributed by atoms with Gasteiger partial charge in [-0.25, -0.2) is 9.97 Å². The Labute approximate surface area is 330 Å².